The summed E-state index contributed by atoms with van der Waals surface area (Å²) >= 11 is 0. The van der Waals surface area contributed by atoms with Gasteiger partial charge in [0, 0.05) is 41.1 Å². The highest BCUT2D eigenvalue weighted by atomic mass is 16.8. The molecule has 10 rings (SSSR count). The lowest BCUT2D eigenvalue weighted by Crippen LogP contribution is -2.65. The quantitative estimate of drug-likeness (QED) is 0.0905. The Kier molecular flexibility index (Phi) is 14.8. The van der Waals surface area contributed by atoms with Crippen molar-refractivity contribution < 1.29 is 124 Å². The van der Waals surface area contributed by atoms with Crippen LogP contribution in [0.4, 0.5) is 0 Å². The zero-order chi connectivity index (χ0) is 51.7. The highest BCUT2D eigenvalue weighted by Gasteiger charge is 2.70. The van der Waals surface area contributed by atoms with Crippen LogP contribution in [0, 0.1) is 35.0 Å². The SMILES string of the molecule is C[C@@H]1O[C@@H](O[C@H]2[C@H](O[C@@H]3C[C@H](O)CC4=C[C@H](O)[C@H]5C6=C(CC[C@@H]5[C@]43C)[C@@H]3[C@@H](O[C@@]4(OC[C@H](C)[C@@H](O)[C@@H]4O)[C@H]3CO)C6=O)OC[C@H](O)[C@@H]2O[C@@H]2OC[C@@H](O)[C@H](O)[C@H]2O)[C@H](O)[C@H](O[C@@H]2OC[C@](O)(CO)[C@H]2O)[C@H]1O. The number of ketones is 1. The molecule has 6 aliphatic heterocycles. The van der Waals surface area contributed by atoms with Crippen LogP contribution < -0.4 is 0 Å². The normalized spacial score (nSPS) is 55.6. The Bertz CT molecular complexity index is 2060. The maximum atomic E-state index is 14.8. The highest BCUT2D eigenvalue weighted by Crippen LogP contribution is 2.64. The molecule has 0 amide bonds. The number of Topliss-reactive ketones (excluding diaryl/α,β-unsaturated/α-hetero) is 1. The molecule has 0 aromatic carbocycles. The van der Waals surface area contributed by atoms with Crippen molar-refractivity contribution in [3.05, 3.63) is 22.8 Å². The van der Waals surface area contributed by atoms with Gasteiger partial charge in [-0.05, 0) is 32.1 Å². The highest BCUT2D eigenvalue weighted by molar-refractivity contribution is 6.04. The lowest BCUT2D eigenvalue weighted by molar-refractivity contribution is -0.387. The largest absolute Gasteiger partial charge is 0.396 e. The molecule has 25 nitrogen and oxygen atoms in total. The van der Waals surface area contributed by atoms with Crippen LogP contribution in [0.2, 0.25) is 0 Å². The maximum Gasteiger partial charge on any atom is 0.203 e. The number of carbonyl (C=O) groups is 1. The van der Waals surface area contributed by atoms with Crippen molar-refractivity contribution in [3.63, 3.8) is 0 Å². The van der Waals surface area contributed by atoms with Gasteiger partial charge in [0.25, 0.3) is 0 Å². The van der Waals surface area contributed by atoms with Crippen molar-refractivity contribution in [2.45, 2.75) is 187 Å². The van der Waals surface area contributed by atoms with E-state index >= 15 is 0 Å². The van der Waals surface area contributed by atoms with Gasteiger partial charge in [0.2, 0.25) is 5.79 Å². The molecule has 10 aliphatic rings. The van der Waals surface area contributed by atoms with E-state index in [1.807, 2.05) is 6.92 Å². The number of fused-ring (bicyclic) bond motifs is 6. The third-order valence-corrected chi connectivity index (χ3v) is 17.6. The third kappa shape index (κ3) is 8.42. The van der Waals surface area contributed by atoms with Crippen LogP contribution in [-0.2, 0) is 52.2 Å². The van der Waals surface area contributed by atoms with E-state index in [1.54, 1.807) is 13.0 Å². The summed E-state index contributed by atoms with van der Waals surface area (Å²) in [5.41, 5.74) is -1.62. The van der Waals surface area contributed by atoms with Crippen LogP contribution in [-0.4, -0.2) is 257 Å². The Balaban J connectivity index is 0.960. The molecule has 72 heavy (non-hydrogen) atoms. The molecule has 0 aromatic rings. The van der Waals surface area contributed by atoms with Crippen molar-refractivity contribution >= 4 is 5.78 Å². The lowest BCUT2D eigenvalue weighted by Gasteiger charge is -2.57. The topological polar surface area (TPSA) is 393 Å². The Morgan fingerprint density at radius 3 is 2.12 bits per heavy atom. The van der Waals surface area contributed by atoms with Crippen LogP contribution >= 0.6 is 0 Å². The Morgan fingerprint density at radius 2 is 1.42 bits per heavy atom. The van der Waals surface area contributed by atoms with Gasteiger partial charge in [0.05, 0.1) is 70.2 Å². The Morgan fingerprint density at radius 1 is 0.722 bits per heavy atom. The number of carbonyl (C=O) groups excluding carboxylic acids is 1. The molecular formula is C47H70O25. The van der Waals surface area contributed by atoms with E-state index in [1.165, 1.54) is 6.92 Å². The van der Waals surface area contributed by atoms with Crippen molar-refractivity contribution in [3.8, 4) is 0 Å². The molecule has 7 fully saturated rings. The zero-order valence-corrected chi connectivity index (χ0v) is 39.9. The molecule has 1 saturated carbocycles. The van der Waals surface area contributed by atoms with Gasteiger partial charge < -0.3 is 119 Å². The zero-order valence-electron chi connectivity index (χ0n) is 39.9. The van der Waals surface area contributed by atoms with Crippen molar-refractivity contribution in [1.82, 2.24) is 0 Å². The fraction of sp³-hybridized carbons (Fsp3) is 0.894. The summed E-state index contributed by atoms with van der Waals surface area (Å²) in [7, 11) is 0. The van der Waals surface area contributed by atoms with E-state index < -0.39 is 214 Å². The molecule has 6 saturated heterocycles. The minimum absolute atomic E-state index is 0.00717. The summed E-state index contributed by atoms with van der Waals surface area (Å²) in [5.74, 6) is -5.84. The predicted octanol–water partition coefficient (Wildman–Crippen LogP) is -6.33. The van der Waals surface area contributed by atoms with Crippen LogP contribution in [0.3, 0.4) is 0 Å². The van der Waals surface area contributed by atoms with E-state index in [4.69, 9.17) is 47.4 Å². The summed E-state index contributed by atoms with van der Waals surface area (Å²) in [5, 5.41) is 154. The standard InChI is InChI=1S/C47H70O25/c1-15-10-66-47(39(60)29(15)54)21(9-48)26-19-4-5-20-28(27(19)32(57)36(26)72-47)22(51)7-17-6-18(50)8-25(45(17,20)3)68-43-38(35(24(53)12-64-43)69-41-33(58)31(56)23(52)11-63-41)71-42-34(59)37(30(55)16(2)67-42)70-44-40(61)46(62,13-49)14-65-44/h7,15-16,18,20-26,28-31,33-44,48-56,58-62H,4-6,8-14H2,1-3H3/t15-,16-,18+,20-,21-,22-,23+,24-,25+,26-,28-,29+,30-,31-,33+,34+,35-,36+,37+,38+,39-,40-,41-,42-,43-,44-,45-,46+,47-/m0/s1. The summed E-state index contributed by atoms with van der Waals surface area (Å²) in [6, 6.07) is 0. The maximum absolute atomic E-state index is 14.8. The molecule has 0 radical (unpaired) electrons. The van der Waals surface area contributed by atoms with Gasteiger partial charge in [-0.25, -0.2) is 0 Å². The average molecular weight is 1040 g/mol. The van der Waals surface area contributed by atoms with Gasteiger partial charge in [-0.1, -0.05) is 31.1 Å². The molecule has 408 valence electrons. The fourth-order valence-electron chi connectivity index (χ4n) is 13.4. The monoisotopic (exact) mass is 1030 g/mol. The first kappa shape index (κ1) is 53.6. The van der Waals surface area contributed by atoms with Crippen LogP contribution in [0.25, 0.3) is 0 Å². The van der Waals surface area contributed by atoms with E-state index in [2.05, 4.69) is 0 Å². The summed E-state index contributed by atoms with van der Waals surface area (Å²) in [6.07, 6.45) is -29.9. The van der Waals surface area contributed by atoms with E-state index in [-0.39, 0.29) is 19.4 Å². The first-order valence-corrected chi connectivity index (χ1v) is 24.9. The van der Waals surface area contributed by atoms with Crippen LogP contribution in [0.1, 0.15) is 46.5 Å². The Hall–Kier alpha value is -1.81. The smallest absolute Gasteiger partial charge is 0.203 e. The van der Waals surface area contributed by atoms with E-state index in [9.17, 15) is 76.3 Å². The molecular weight excluding hydrogens is 964 g/mol. The van der Waals surface area contributed by atoms with E-state index in [0.717, 1.165) is 0 Å². The molecule has 1 spiro atoms. The van der Waals surface area contributed by atoms with Crippen molar-refractivity contribution in [1.29, 1.82) is 0 Å². The van der Waals surface area contributed by atoms with Gasteiger partial charge >= 0.3 is 0 Å². The van der Waals surface area contributed by atoms with E-state index in [0.29, 0.717) is 29.6 Å². The minimum Gasteiger partial charge on any atom is -0.396 e. The van der Waals surface area contributed by atoms with Crippen molar-refractivity contribution in [2.24, 2.45) is 35.0 Å². The van der Waals surface area contributed by atoms with Gasteiger partial charge in [0.1, 0.15) is 78.8 Å². The second-order valence-electron chi connectivity index (χ2n) is 21.9. The molecule has 25 heteroatoms. The lowest BCUT2D eigenvalue weighted by atomic mass is 9.51. The number of rotatable bonds is 10. The minimum atomic E-state index is -2.12. The van der Waals surface area contributed by atoms with Gasteiger partial charge in [-0.3, -0.25) is 4.79 Å². The molecule has 0 bridgehead atoms. The fourth-order valence-corrected chi connectivity index (χ4v) is 13.4. The first-order valence-electron chi connectivity index (χ1n) is 24.9. The number of ether oxygens (including phenoxy) is 10. The third-order valence-electron chi connectivity index (χ3n) is 17.6. The second-order valence-corrected chi connectivity index (χ2v) is 21.9. The molecule has 29 atom stereocenters. The number of aliphatic hydroxyl groups is 14. The summed E-state index contributed by atoms with van der Waals surface area (Å²) < 4.78 is 60.7. The molecule has 6 heterocycles. The molecule has 0 unspecified atom stereocenters. The molecule has 0 aromatic heterocycles. The summed E-state index contributed by atoms with van der Waals surface area (Å²) in [4.78, 5) is 14.8. The molecule has 4 aliphatic carbocycles. The van der Waals surface area contributed by atoms with Gasteiger partial charge in [0.15, 0.2) is 30.9 Å². The van der Waals surface area contributed by atoms with Gasteiger partial charge in [-0.2, -0.15) is 0 Å². The predicted molar refractivity (Wildman–Crippen MR) is 232 cm³/mol. The first-order chi connectivity index (χ1) is 34.1. The number of hydrogen-bond donors (Lipinski definition) is 14. The second kappa shape index (κ2) is 19.9. The van der Waals surface area contributed by atoms with Crippen LogP contribution in [0.5, 0.6) is 0 Å². The average Bonchev–Trinajstić information content (AvgIpc) is 3.94. The summed E-state index contributed by atoms with van der Waals surface area (Å²) in [6.45, 7) is 2.02. The number of aliphatic hydroxyl groups excluding tert-OH is 13. The van der Waals surface area contributed by atoms with Crippen molar-refractivity contribution in [2.75, 3.05) is 39.6 Å². The van der Waals surface area contributed by atoms with Crippen LogP contribution in [0.15, 0.2) is 22.8 Å². The number of hydrogen-bond acceptors (Lipinski definition) is 25. The Labute approximate surface area is 413 Å². The van der Waals surface area contributed by atoms with Gasteiger partial charge in [-0.15, -0.1) is 0 Å². The molecule has 14 N–H and O–H groups in total.